The first-order valence-electron chi connectivity index (χ1n) is 9.28. The lowest BCUT2D eigenvalue weighted by Gasteiger charge is -2.28. The Balaban J connectivity index is 1.48. The van der Waals surface area contributed by atoms with Crippen molar-refractivity contribution < 1.29 is 22.7 Å². The number of halogens is 3. The first-order chi connectivity index (χ1) is 14.4. The summed E-state index contributed by atoms with van der Waals surface area (Å²) in [7, 11) is 0. The summed E-state index contributed by atoms with van der Waals surface area (Å²) in [5, 5.41) is 2.84. The van der Waals surface area contributed by atoms with E-state index in [9.17, 15) is 18.0 Å². The maximum atomic E-state index is 12.9. The number of anilines is 1. The molecule has 0 saturated carbocycles. The Bertz CT molecular complexity index is 997. The molecule has 1 amide bonds. The number of thioether (sulfide) groups is 1. The van der Waals surface area contributed by atoms with E-state index in [4.69, 9.17) is 4.74 Å². The molecular weight excluding hydrogens is 415 g/mol. The summed E-state index contributed by atoms with van der Waals surface area (Å²) in [6.45, 7) is 3.09. The molecule has 0 unspecified atom stereocenters. The smallest absolute Gasteiger partial charge is 0.378 e. The molecule has 30 heavy (non-hydrogen) atoms. The second kappa shape index (κ2) is 8.53. The summed E-state index contributed by atoms with van der Waals surface area (Å²) in [6.07, 6.45) is -2.71. The van der Waals surface area contributed by atoms with Crippen LogP contribution in [0.1, 0.15) is 11.1 Å². The van der Waals surface area contributed by atoms with Gasteiger partial charge in [0, 0.05) is 18.8 Å². The van der Waals surface area contributed by atoms with E-state index in [1.807, 2.05) is 24.3 Å². The van der Waals surface area contributed by atoms with E-state index < -0.39 is 11.7 Å². The monoisotopic (exact) mass is 433 g/mol. The zero-order valence-corrected chi connectivity index (χ0v) is 16.6. The highest BCUT2D eigenvalue weighted by Crippen LogP contribution is 2.33. The molecule has 2 aliphatic rings. The fraction of sp³-hybridized carbons (Fsp3) is 0.238. The number of rotatable bonds is 3. The van der Waals surface area contributed by atoms with Crippen LogP contribution in [0, 0.1) is 0 Å². The Labute approximate surface area is 175 Å². The molecule has 2 aromatic carbocycles. The van der Waals surface area contributed by atoms with Crippen LogP contribution >= 0.6 is 11.8 Å². The van der Waals surface area contributed by atoms with Crippen molar-refractivity contribution in [2.45, 2.75) is 6.18 Å². The number of benzene rings is 2. The van der Waals surface area contributed by atoms with Crippen molar-refractivity contribution in [3.63, 3.8) is 0 Å². The highest BCUT2D eigenvalue weighted by Gasteiger charge is 2.30. The van der Waals surface area contributed by atoms with E-state index in [-0.39, 0.29) is 16.8 Å². The number of nitrogens with one attached hydrogen (secondary N) is 1. The minimum absolute atomic E-state index is 0.128. The van der Waals surface area contributed by atoms with Gasteiger partial charge in [0.25, 0.3) is 5.91 Å². The number of carbonyl (C=O) groups is 1. The number of amidine groups is 1. The van der Waals surface area contributed by atoms with Crippen LogP contribution < -0.4 is 10.2 Å². The lowest BCUT2D eigenvalue weighted by molar-refractivity contribution is -0.137. The number of ether oxygens (including phenoxy) is 1. The topological polar surface area (TPSA) is 53.9 Å². The van der Waals surface area contributed by atoms with Gasteiger partial charge in [-0.1, -0.05) is 18.2 Å². The van der Waals surface area contributed by atoms with Crippen molar-refractivity contribution in [1.29, 1.82) is 0 Å². The van der Waals surface area contributed by atoms with Crippen molar-refractivity contribution >= 4 is 40.3 Å². The van der Waals surface area contributed by atoms with E-state index in [0.717, 1.165) is 48.2 Å². The standard InChI is InChI=1S/C21H18F3N3O2S/c22-21(23,24)15-2-1-3-16(13-15)25-20-26-19(28)18(30-20)12-14-4-6-17(7-5-14)27-8-10-29-11-9-27/h1-7,12-13H,8-11H2,(H,25,26,28). The maximum absolute atomic E-state index is 12.9. The Kier molecular flexibility index (Phi) is 5.83. The molecule has 2 saturated heterocycles. The summed E-state index contributed by atoms with van der Waals surface area (Å²) in [5.41, 5.74) is 1.29. The molecule has 0 aromatic heterocycles. The van der Waals surface area contributed by atoms with Gasteiger partial charge in [-0.3, -0.25) is 4.79 Å². The largest absolute Gasteiger partial charge is 0.416 e. The van der Waals surface area contributed by atoms with Crippen LogP contribution in [0.4, 0.5) is 24.5 Å². The van der Waals surface area contributed by atoms with Gasteiger partial charge in [-0.05, 0) is 53.7 Å². The molecule has 0 radical (unpaired) electrons. The molecule has 1 N–H and O–H groups in total. The van der Waals surface area contributed by atoms with Gasteiger partial charge in [0.1, 0.15) is 0 Å². The number of morpholine rings is 1. The van der Waals surface area contributed by atoms with Crippen LogP contribution in [0.3, 0.4) is 0 Å². The quantitative estimate of drug-likeness (QED) is 0.728. The lowest BCUT2D eigenvalue weighted by atomic mass is 10.1. The van der Waals surface area contributed by atoms with E-state index in [1.165, 1.54) is 12.1 Å². The molecule has 2 aromatic rings. The Hall–Kier alpha value is -2.78. The van der Waals surface area contributed by atoms with Crippen molar-refractivity contribution in [3.05, 3.63) is 64.6 Å². The zero-order chi connectivity index (χ0) is 21.1. The second-order valence-electron chi connectivity index (χ2n) is 6.72. The maximum Gasteiger partial charge on any atom is 0.416 e. The fourth-order valence-corrected chi connectivity index (χ4v) is 3.95. The van der Waals surface area contributed by atoms with Gasteiger partial charge in [-0.25, -0.2) is 4.99 Å². The van der Waals surface area contributed by atoms with Crippen LogP contribution in [0.5, 0.6) is 0 Å². The minimum Gasteiger partial charge on any atom is -0.378 e. The zero-order valence-electron chi connectivity index (χ0n) is 15.8. The number of hydrogen-bond donors (Lipinski definition) is 1. The van der Waals surface area contributed by atoms with E-state index in [0.29, 0.717) is 18.1 Å². The molecule has 0 atom stereocenters. The van der Waals surface area contributed by atoms with Gasteiger partial charge in [-0.15, -0.1) is 0 Å². The molecule has 5 nitrogen and oxygen atoms in total. The molecule has 0 spiro atoms. The number of hydrogen-bond acceptors (Lipinski definition) is 5. The molecule has 9 heteroatoms. The summed E-state index contributed by atoms with van der Waals surface area (Å²) in [5.74, 6) is -0.331. The average Bonchev–Trinajstić information content (AvgIpc) is 3.07. The molecule has 4 rings (SSSR count). The van der Waals surface area contributed by atoms with Gasteiger partial charge in [0.05, 0.1) is 29.4 Å². The Morgan fingerprint density at radius 1 is 1.10 bits per heavy atom. The SMILES string of the molecule is O=C1NC(=Nc2cccc(C(F)(F)F)c2)SC1=Cc1ccc(N2CCOCC2)cc1. The van der Waals surface area contributed by atoms with Crippen molar-refractivity contribution in [2.75, 3.05) is 31.2 Å². The first-order valence-corrected chi connectivity index (χ1v) is 10.1. The van der Waals surface area contributed by atoms with E-state index in [1.54, 1.807) is 6.08 Å². The average molecular weight is 433 g/mol. The number of aliphatic imine (C=N–C) groups is 1. The van der Waals surface area contributed by atoms with Crippen LogP contribution in [-0.4, -0.2) is 37.4 Å². The summed E-state index contributed by atoms with van der Waals surface area (Å²) >= 11 is 1.10. The molecule has 0 bridgehead atoms. The first kappa shape index (κ1) is 20.5. The molecule has 2 heterocycles. The number of amides is 1. The predicted octanol–water partition coefficient (Wildman–Crippen LogP) is 4.43. The second-order valence-corrected chi connectivity index (χ2v) is 7.75. The minimum atomic E-state index is -4.44. The fourth-order valence-electron chi connectivity index (χ4n) is 3.10. The third kappa shape index (κ3) is 4.85. The van der Waals surface area contributed by atoms with Crippen molar-refractivity contribution in [1.82, 2.24) is 5.32 Å². The van der Waals surface area contributed by atoms with Gasteiger partial charge in [-0.2, -0.15) is 13.2 Å². The third-order valence-electron chi connectivity index (χ3n) is 4.62. The number of nitrogens with zero attached hydrogens (tertiary/aromatic N) is 2. The van der Waals surface area contributed by atoms with Crippen molar-refractivity contribution in [2.24, 2.45) is 4.99 Å². The predicted molar refractivity (Wildman–Crippen MR) is 112 cm³/mol. The van der Waals surface area contributed by atoms with Crippen LogP contribution in [0.25, 0.3) is 6.08 Å². The number of alkyl halides is 3. The van der Waals surface area contributed by atoms with Crippen molar-refractivity contribution in [3.8, 4) is 0 Å². The Morgan fingerprint density at radius 3 is 2.53 bits per heavy atom. The molecule has 0 aliphatic carbocycles. The molecular formula is C21H18F3N3O2S. The highest BCUT2D eigenvalue weighted by atomic mass is 32.2. The molecule has 156 valence electrons. The van der Waals surface area contributed by atoms with Gasteiger partial charge < -0.3 is 15.0 Å². The highest BCUT2D eigenvalue weighted by molar-refractivity contribution is 8.18. The van der Waals surface area contributed by atoms with Crippen LogP contribution in [0.15, 0.2) is 58.4 Å². The molecule has 2 aliphatic heterocycles. The lowest BCUT2D eigenvalue weighted by Crippen LogP contribution is -2.36. The summed E-state index contributed by atoms with van der Waals surface area (Å²) < 4.78 is 43.9. The van der Waals surface area contributed by atoms with E-state index >= 15 is 0 Å². The van der Waals surface area contributed by atoms with E-state index in [2.05, 4.69) is 15.2 Å². The van der Waals surface area contributed by atoms with Gasteiger partial charge in [0.2, 0.25) is 0 Å². The Morgan fingerprint density at radius 2 is 1.83 bits per heavy atom. The third-order valence-corrected chi connectivity index (χ3v) is 5.53. The van der Waals surface area contributed by atoms with Gasteiger partial charge >= 0.3 is 6.18 Å². The van der Waals surface area contributed by atoms with Gasteiger partial charge in [0.15, 0.2) is 5.17 Å². The summed E-state index contributed by atoms with van der Waals surface area (Å²) in [6, 6.07) is 12.5. The number of carbonyl (C=O) groups excluding carboxylic acids is 1. The normalized spacial score (nSPS) is 20.1. The van der Waals surface area contributed by atoms with Crippen LogP contribution in [-0.2, 0) is 15.7 Å². The molecule has 2 fully saturated rings. The summed E-state index contributed by atoms with van der Waals surface area (Å²) in [4.78, 5) is 19.0. The van der Waals surface area contributed by atoms with Crippen LogP contribution in [0.2, 0.25) is 0 Å².